The maximum absolute atomic E-state index is 13.2. The van der Waals surface area contributed by atoms with Gasteiger partial charge in [-0.1, -0.05) is 0 Å². The molecular weight excluding hydrogens is 169 g/mol. The standard InChI is InChI=1S/C10H16FNO/c11-8-3-10(7-13)5-9(1-2-9)6-12(10)4-8/h8,13H,1-7H2/t8-,10?/m1/s1. The van der Waals surface area contributed by atoms with Crippen molar-refractivity contribution >= 4 is 0 Å². The van der Waals surface area contributed by atoms with Gasteiger partial charge in [-0.05, 0) is 24.7 Å². The highest BCUT2D eigenvalue weighted by molar-refractivity contribution is 5.15. The topological polar surface area (TPSA) is 23.5 Å². The van der Waals surface area contributed by atoms with Gasteiger partial charge in [0.25, 0.3) is 0 Å². The zero-order valence-electron chi connectivity index (χ0n) is 7.80. The molecule has 1 aliphatic carbocycles. The molecule has 2 aliphatic heterocycles. The average molecular weight is 185 g/mol. The molecule has 0 radical (unpaired) electrons. The molecule has 2 saturated heterocycles. The number of halogens is 1. The molecule has 2 nitrogen and oxygen atoms in total. The lowest BCUT2D eigenvalue weighted by molar-refractivity contribution is 0.0994. The quantitative estimate of drug-likeness (QED) is 0.657. The molecule has 0 amide bonds. The van der Waals surface area contributed by atoms with Crippen LogP contribution in [0.15, 0.2) is 0 Å². The van der Waals surface area contributed by atoms with Gasteiger partial charge in [-0.2, -0.15) is 0 Å². The number of aliphatic hydroxyl groups excluding tert-OH is 1. The number of rotatable bonds is 1. The molecule has 1 saturated carbocycles. The Kier molecular flexibility index (Phi) is 1.42. The number of nitrogens with zero attached hydrogens (tertiary/aromatic N) is 1. The predicted molar refractivity (Wildman–Crippen MR) is 47.2 cm³/mol. The first-order valence-electron chi connectivity index (χ1n) is 5.18. The summed E-state index contributed by atoms with van der Waals surface area (Å²) in [5.41, 5.74) is 0.318. The Bertz CT molecular complexity index is 241. The van der Waals surface area contributed by atoms with Crippen LogP contribution in [0.5, 0.6) is 0 Å². The van der Waals surface area contributed by atoms with Crippen LogP contribution < -0.4 is 0 Å². The minimum absolute atomic E-state index is 0.148. The Morgan fingerprint density at radius 2 is 2.23 bits per heavy atom. The van der Waals surface area contributed by atoms with Crippen LogP contribution in [-0.4, -0.2) is 41.4 Å². The van der Waals surface area contributed by atoms with E-state index in [1.165, 1.54) is 12.8 Å². The maximum Gasteiger partial charge on any atom is 0.115 e. The number of fused-ring (bicyclic) bond motifs is 1. The third kappa shape index (κ3) is 1.00. The fourth-order valence-corrected chi connectivity index (χ4v) is 3.35. The number of alkyl halides is 1. The third-order valence-electron chi connectivity index (χ3n) is 4.17. The summed E-state index contributed by atoms with van der Waals surface area (Å²) >= 11 is 0. The molecule has 1 N–H and O–H groups in total. The molecule has 3 rings (SSSR count). The number of aliphatic hydroxyl groups is 1. The van der Waals surface area contributed by atoms with E-state index in [0.29, 0.717) is 18.4 Å². The van der Waals surface area contributed by atoms with Gasteiger partial charge in [0.05, 0.1) is 6.61 Å². The Balaban J connectivity index is 1.87. The van der Waals surface area contributed by atoms with Crippen molar-refractivity contribution in [3.05, 3.63) is 0 Å². The smallest absolute Gasteiger partial charge is 0.115 e. The summed E-state index contributed by atoms with van der Waals surface area (Å²) in [7, 11) is 0. The van der Waals surface area contributed by atoms with Crippen LogP contribution in [0.25, 0.3) is 0 Å². The van der Waals surface area contributed by atoms with Gasteiger partial charge in [0.2, 0.25) is 0 Å². The maximum atomic E-state index is 13.2. The monoisotopic (exact) mass is 185 g/mol. The lowest BCUT2D eigenvalue weighted by Gasteiger charge is -2.28. The lowest BCUT2D eigenvalue weighted by atomic mass is 9.89. The summed E-state index contributed by atoms with van der Waals surface area (Å²) in [5.74, 6) is 0. The molecule has 2 heterocycles. The molecule has 1 spiro atoms. The zero-order chi connectivity index (χ0) is 9.10. The lowest BCUT2D eigenvalue weighted by Crippen LogP contribution is -2.41. The van der Waals surface area contributed by atoms with E-state index >= 15 is 0 Å². The van der Waals surface area contributed by atoms with Crippen LogP contribution >= 0.6 is 0 Å². The van der Waals surface area contributed by atoms with E-state index < -0.39 is 6.17 Å². The minimum atomic E-state index is -0.705. The Hall–Kier alpha value is -0.150. The molecule has 0 aromatic rings. The summed E-state index contributed by atoms with van der Waals surface area (Å²) < 4.78 is 13.2. The van der Waals surface area contributed by atoms with Gasteiger partial charge in [0.1, 0.15) is 6.17 Å². The van der Waals surface area contributed by atoms with Crippen LogP contribution in [0, 0.1) is 5.41 Å². The second kappa shape index (κ2) is 2.26. The minimum Gasteiger partial charge on any atom is -0.394 e. The predicted octanol–water partition coefficient (Wildman–Crippen LogP) is 0.945. The van der Waals surface area contributed by atoms with Gasteiger partial charge < -0.3 is 5.11 Å². The van der Waals surface area contributed by atoms with Crippen LogP contribution in [0.2, 0.25) is 0 Å². The molecule has 3 aliphatic rings. The SMILES string of the molecule is OCC12C[C@@H](F)CN1CC1(CC1)C2. The summed E-state index contributed by atoms with van der Waals surface area (Å²) in [6, 6.07) is 0. The fraction of sp³-hybridized carbons (Fsp3) is 1.00. The highest BCUT2D eigenvalue weighted by Crippen LogP contribution is 2.60. The van der Waals surface area contributed by atoms with E-state index in [9.17, 15) is 9.50 Å². The van der Waals surface area contributed by atoms with Gasteiger partial charge in [-0.25, -0.2) is 4.39 Å². The first-order valence-corrected chi connectivity index (χ1v) is 5.18. The van der Waals surface area contributed by atoms with Crippen molar-refractivity contribution in [1.82, 2.24) is 4.90 Å². The van der Waals surface area contributed by atoms with E-state index in [0.717, 1.165) is 13.0 Å². The second-order valence-corrected chi connectivity index (χ2v) is 5.24. The number of hydrogen-bond donors (Lipinski definition) is 1. The number of hydrogen-bond acceptors (Lipinski definition) is 2. The van der Waals surface area contributed by atoms with E-state index in [1.807, 2.05) is 0 Å². The van der Waals surface area contributed by atoms with Crippen molar-refractivity contribution in [2.24, 2.45) is 5.41 Å². The largest absolute Gasteiger partial charge is 0.394 e. The van der Waals surface area contributed by atoms with Gasteiger partial charge in [0.15, 0.2) is 0 Å². The van der Waals surface area contributed by atoms with Gasteiger partial charge >= 0.3 is 0 Å². The first-order chi connectivity index (χ1) is 6.18. The van der Waals surface area contributed by atoms with Crippen molar-refractivity contribution in [2.45, 2.75) is 37.4 Å². The summed E-state index contributed by atoms with van der Waals surface area (Å²) in [6.07, 6.45) is 3.48. The van der Waals surface area contributed by atoms with Crippen LogP contribution in [0.1, 0.15) is 25.7 Å². The highest BCUT2D eigenvalue weighted by atomic mass is 19.1. The van der Waals surface area contributed by atoms with E-state index in [-0.39, 0.29) is 12.1 Å². The van der Waals surface area contributed by atoms with Crippen molar-refractivity contribution in [2.75, 3.05) is 19.7 Å². The van der Waals surface area contributed by atoms with Crippen LogP contribution in [0.3, 0.4) is 0 Å². The molecule has 3 heteroatoms. The first kappa shape index (κ1) is 8.18. The summed E-state index contributed by atoms with van der Waals surface area (Å²) in [6.45, 7) is 1.74. The van der Waals surface area contributed by atoms with E-state index in [1.54, 1.807) is 0 Å². The van der Waals surface area contributed by atoms with Crippen LogP contribution in [-0.2, 0) is 0 Å². The van der Waals surface area contributed by atoms with Crippen molar-refractivity contribution in [3.8, 4) is 0 Å². The molecule has 2 atom stereocenters. The van der Waals surface area contributed by atoms with Gasteiger partial charge in [-0.15, -0.1) is 0 Å². The van der Waals surface area contributed by atoms with Gasteiger partial charge in [0, 0.05) is 25.0 Å². The summed E-state index contributed by atoms with van der Waals surface area (Å²) in [4.78, 5) is 2.20. The van der Waals surface area contributed by atoms with Crippen molar-refractivity contribution in [3.63, 3.8) is 0 Å². The molecule has 0 aromatic carbocycles. The molecule has 13 heavy (non-hydrogen) atoms. The zero-order valence-corrected chi connectivity index (χ0v) is 7.80. The highest BCUT2D eigenvalue weighted by Gasteiger charge is 2.61. The fourth-order valence-electron chi connectivity index (χ4n) is 3.35. The average Bonchev–Trinajstić information content (AvgIpc) is 2.64. The second-order valence-electron chi connectivity index (χ2n) is 5.24. The Morgan fingerprint density at radius 1 is 1.46 bits per heavy atom. The van der Waals surface area contributed by atoms with Crippen molar-refractivity contribution in [1.29, 1.82) is 0 Å². The summed E-state index contributed by atoms with van der Waals surface area (Å²) in [5, 5.41) is 9.40. The molecule has 74 valence electrons. The molecule has 1 unspecified atom stereocenters. The van der Waals surface area contributed by atoms with Crippen molar-refractivity contribution < 1.29 is 9.50 Å². The molecule has 0 bridgehead atoms. The van der Waals surface area contributed by atoms with Crippen LogP contribution in [0.4, 0.5) is 4.39 Å². The van der Waals surface area contributed by atoms with E-state index in [2.05, 4.69) is 4.90 Å². The third-order valence-corrected chi connectivity index (χ3v) is 4.17. The molecule has 0 aromatic heterocycles. The van der Waals surface area contributed by atoms with Gasteiger partial charge in [-0.3, -0.25) is 4.90 Å². The molecule has 3 fully saturated rings. The van der Waals surface area contributed by atoms with E-state index in [4.69, 9.17) is 0 Å². The molecular formula is C10H16FNO. The normalized spacial score (nSPS) is 47.1. The Labute approximate surface area is 77.7 Å². The Morgan fingerprint density at radius 3 is 2.77 bits per heavy atom.